The monoisotopic (exact) mass is 526 g/mol. The predicted molar refractivity (Wildman–Crippen MR) is 147 cm³/mol. The fraction of sp³-hybridized carbons (Fsp3) is 0.848. The third-order valence-corrected chi connectivity index (χ3v) is 13.3. The highest BCUT2D eigenvalue weighted by Crippen LogP contribution is 2.89. The SMILES string of the molecule is C=C[C@@]12CC3=C([C@H](C)C[C@H]([C@@H](OC(C)=O)C(C)(C)O)O3)[C@@]1(C)CC[C@@]13C[C@@]14CC[C@H](O)C(C)(C)[C@@H]4CC[C@H]32. The first-order valence-corrected chi connectivity index (χ1v) is 15.2. The minimum absolute atomic E-state index is 0.0103. The number of allylic oxidation sites excluding steroid dienone is 3. The molecule has 38 heavy (non-hydrogen) atoms. The second-order valence-electron chi connectivity index (χ2n) is 15.6. The van der Waals surface area contributed by atoms with Crippen molar-refractivity contribution in [3.8, 4) is 0 Å². The molecular weight excluding hydrogens is 476 g/mol. The summed E-state index contributed by atoms with van der Waals surface area (Å²) in [6, 6.07) is 0. The molecule has 0 aromatic rings. The van der Waals surface area contributed by atoms with Crippen LogP contribution in [0.2, 0.25) is 0 Å². The lowest BCUT2D eigenvalue weighted by Crippen LogP contribution is -2.57. The molecular formula is C33H50O5. The van der Waals surface area contributed by atoms with Crippen LogP contribution in [0.1, 0.15) is 106 Å². The van der Waals surface area contributed by atoms with Gasteiger partial charge in [0.1, 0.15) is 6.10 Å². The molecule has 0 amide bonds. The number of fused-ring (bicyclic) bond motifs is 3. The molecule has 5 heteroatoms. The molecule has 10 atom stereocenters. The molecule has 0 saturated heterocycles. The van der Waals surface area contributed by atoms with E-state index >= 15 is 0 Å². The van der Waals surface area contributed by atoms with Gasteiger partial charge in [-0.05, 0) is 105 Å². The zero-order chi connectivity index (χ0) is 27.7. The lowest BCUT2D eigenvalue weighted by molar-refractivity contribution is -0.178. The number of aliphatic hydroxyl groups is 2. The second kappa shape index (κ2) is 7.90. The molecule has 1 aliphatic heterocycles. The zero-order valence-electron chi connectivity index (χ0n) is 24.7. The molecule has 0 aromatic heterocycles. The van der Waals surface area contributed by atoms with E-state index in [4.69, 9.17) is 9.47 Å². The highest BCUT2D eigenvalue weighted by atomic mass is 16.6. The fourth-order valence-corrected chi connectivity index (χ4v) is 11.8. The summed E-state index contributed by atoms with van der Waals surface area (Å²) in [5.41, 5.74) is 0.935. The molecule has 5 aliphatic carbocycles. The Kier molecular flexibility index (Phi) is 5.59. The van der Waals surface area contributed by atoms with E-state index < -0.39 is 11.7 Å². The van der Waals surface area contributed by atoms with Crippen LogP contribution in [0.15, 0.2) is 24.0 Å². The molecule has 0 aromatic carbocycles. The van der Waals surface area contributed by atoms with Gasteiger partial charge in [-0.1, -0.05) is 33.8 Å². The molecule has 2 spiro atoms. The van der Waals surface area contributed by atoms with Gasteiger partial charge in [0, 0.05) is 24.2 Å². The number of ether oxygens (including phenoxy) is 2. The summed E-state index contributed by atoms with van der Waals surface area (Å²) in [6.07, 6.45) is 10.9. The Balaban J connectivity index is 1.36. The first-order valence-electron chi connectivity index (χ1n) is 15.2. The summed E-state index contributed by atoms with van der Waals surface area (Å²) < 4.78 is 12.5. The molecule has 212 valence electrons. The maximum atomic E-state index is 12.0. The number of hydrogen-bond acceptors (Lipinski definition) is 5. The van der Waals surface area contributed by atoms with Gasteiger partial charge in [0.15, 0.2) is 6.10 Å². The Labute approximate surface area is 229 Å². The molecule has 6 rings (SSSR count). The number of carbonyl (C=O) groups is 1. The molecule has 2 N–H and O–H groups in total. The molecule has 0 unspecified atom stereocenters. The minimum atomic E-state index is -1.19. The Hall–Kier alpha value is -1.33. The average Bonchev–Trinajstić information content (AvgIpc) is 3.40. The Morgan fingerprint density at radius 1 is 1.13 bits per heavy atom. The van der Waals surface area contributed by atoms with Gasteiger partial charge in [-0.25, -0.2) is 0 Å². The predicted octanol–water partition coefficient (Wildman–Crippen LogP) is 6.33. The van der Waals surface area contributed by atoms with Crippen LogP contribution in [0.4, 0.5) is 0 Å². The van der Waals surface area contributed by atoms with Gasteiger partial charge in [0.2, 0.25) is 0 Å². The first-order chi connectivity index (χ1) is 17.6. The normalized spacial score (nSPS) is 49.3. The van der Waals surface area contributed by atoms with Gasteiger partial charge in [0.25, 0.3) is 0 Å². The smallest absolute Gasteiger partial charge is 0.303 e. The van der Waals surface area contributed by atoms with Crippen LogP contribution >= 0.6 is 0 Å². The van der Waals surface area contributed by atoms with Crippen LogP contribution in [0.3, 0.4) is 0 Å². The highest BCUT2D eigenvalue weighted by Gasteiger charge is 2.82. The van der Waals surface area contributed by atoms with E-state index in [2.05, 4.69) is 40.3 Å². The topological polar surface area (TPSA) is 76.0 Å². The van der Waals surface area contributed by atoms with Crippen molar-refractivity contribution in [3.05, 3.63) is 24.0 Å². The second-order valence-corrected chi connectivity index (χ2v) is 15.6. The molecule has 4 saturated carbocycles. The number of carbonyl (C=O) groups excluding carboxylic acids is 1. The maximum absolute atomic E-state index is 12.0. The van der Waals surface area contributed by atoms with Crippen LogP contribution in [0.5, 0.6) is 0 Å². The highest BCUT2D eigenvalue weighted by molar-refractivity contribution is 5.66. The van der Waals surface area contributed by atoms with E-state index in [-0.39, 0.29) is 34.4 Å². The standard InChI is InChI=1S/C33H50O5/c1-9-31-17-22-26(19(2)16-21(38-22)27(29(6,7)36)37-20(3)34)30(31,8)14-15-33-18-32(33)13-12-25(35)28(4,5)23(32)10-11-24(31)33/h9,19,21,23-25,27,35-36H,1,10-18H2,2-8H3/t19-,21-,23+,24+,25+,27-,30-,31+,32-,33+/m1/s1. The first kappa shape index (κ1) is 26.9. The van der Waals surface area contributed by atoms with Crippen LogP contribution < -0.4 is 0 Å². The summed E-state index contributed by atoms with van der Waals surface area (Å²) in [4.78, 5) is 12.0. The third-order valence-electron chi connectivity index (χ3n) is 13.3. The van der Waals surface area contributed by atoms with E-state index in [1.165, 1.54) is 44.6 Å². The van der Waals surface area contributed by atoms with Gasteiger partial charge < -0.3 is 19.7 Å². The molecule has 4 fully saturated rings. The van der Waals surface area contributed by atoms with Crippen LogP contribution in [0.25, 0.3) is 0 Å². The lowest BCUT2D eigenvalue weighted by atomic mass is 9.41. The Morgan fingerprint density at radius 2 is 1.79 bits per heavy atom. The Morgan fingerprint density at radius 3 is 2.42 bits per heavy atom. The fourth-order valence-electron chi connectivity index (χ4n) is 11.8. The quantitative estimate of drug-likeness (QED) is 0.331. The summed E-state index contributed by atoms with van der Waals surface area (Å²) in [5, 5.41) is 21.9. The van der Waals surface area contributed by atoms with Crippen molar-refractivity contribution >= 4 is 5.97 Å². The Bertz CT molecular complexity index is 1080. The van der Waals surface area contributed by atoms with Crippen molar-refractivity contribution in [1.82, 2.24) is 0 Å². The molecule has 0 radical (unpaired) electrons. The van der Waals surface area contributed by atoms with Gasteiger partial charge in [-0.2, -0.15) is 0 Å². The van der Waals surface area contributed by atoms with Crippen molar-refractivity contribution in [2.24, 2.45) is 44.8 Å². The van der Waals surface area contributed by atoms with Gasteiger partial charge >= 0.3 is 5.97 Å². The maximum Gasteiger partial charge on any atom is 0.303 e. The minimum Gasteiger partial charge on any atom is -0.491 e. The molecule has 5 nitrogen and oxygen atoms in total. The average molecular weight is 527 g/mol. The van der Waals surface area contributed by atoms with Gasteiger partial charge in [-0.3, -0.25) is 4.79 Å². The van der Waals surface area contributed by atoms with E-state index in [0.717, 1.165) is 31.4 Å². The summed E-state index contributed by atoms with van der Waals surface area (Å²) in [5.74, 6) is 2.15. The van der Waals surface area contributed by atoms with E-state index in [1.54, 1.807) is 13.8 Å². The van der Waals surface area contributed by atoms with E-state index in [9.17, 15) is 15.0 Å². The van der Waals surface area contributed by atoms with Crippen molar-refractivity contribution in [2.75, 3.05) is 0 Å². The van der Waals surface area contributed by atoms with Gasteiger partial charge in [-0.15, -0.1) is 6.58 Å². The largest absolute Gasteiger partial charge is 0.491 e. The van der Waals surface area contributed by atoms with Crippen LogP contribution in [-0.4, -0.2) is 40.1 Å². The van der Waals surface area contributed by atoms with E-state index in [0.29, 0.717) is 28.6 Å². The zero-order valence-corrected chi connectivity index (χ0v) is 24.7. The van der Waals surface area contributed by atoms with Crippen molar-refractivity contribution < 1.29 is 24.5 Å². The molecule has 0 bridgehead atoms. The van der Waals surface area contributed by atoms with Crippen LogP contribution in [-0.2, 0) is 14.3 Å². The molecule has 6 aliphatic rings. The number of rotatable bonds is 4. The van der Waals surface area contributed by atoms with E-state index in [1.807, 2.05) is 0 Å². The van der Waals surface area contributed by atoms with Crippen molar-refractivity contribution in [2.45, 2.75) is 130 Å². The molecule has 1 heterocycles. The number of esters is 1. The summed E-state index contributed by atoms with van der Waals surface area (Å²) >= 11 is 0. The van der Waals surface area contributed by atoms with Crippen molar-refractivity contribution in [3.63, 3.8) is 0 Å². The summed E-state index contributed by atoms with van der Waals surface area (Å²) in [6.45, 7) is 18.8. The lowest BCUT2D eigenvalue weighted by Gasteiger charge is -2.63. The van der Waals surface area contributed by atoms with Crippen molar-refractivity contribution in [1.29, 1.82) is 0 Å². The third kappa shape index (κ3) is 3.10. The van der Waals surface area contributed by atoms with Gasteiger partial charge in [0.05, 0.1) is 17.5 Å². The summed E-state index contributed by atoms with van der Waals surface area (Å²) in [7, 11) is 0. The number of aliphatic hydroxyl groups excluding tert-OH is 1. The number of hydrogen-bond donors (Lipinski definition) is 2. The van der Waals surface area contributed by atoms with Crippen LogP contribution in [0, 0.1) is 44.8 Å².